The number of piperidine rings is 1. The quantitative estimate of drug-likeness (QED) is 0.667. The first-order chi connectivity index (χ1) is 6.72. The largest absolute Gasteiger partial charge is 0.311 e. The van der Waals surface area contributed by atoms with Crippen molar-refractivity contribution < 1.29 is 4.39 Å². The Bertz CT molecular complexity index is 251. The Kier molecular flexibility index (Phi) is 2.78. The van der Waals surface area contributed by atoms with Crippen LogP contribution in [0.3, 0.4) is 0 Å². The molecule has 14 heavy (non-hydrogen) atoms. The molecule has 0 aromatic rings. The molecule has 1 N–H and O–H groups in total. The lowest BCUT2D eigenvalue weighted by Crippen LogP contribution is -2.45. The third-order valence-corrected chi connectivity index (χ3v) is 3.43. The number of nitrogens with one attached hydrogen (secondary N) is 1. The van der Waals surface area contributed by atoms with Crippen molar-refractivity contribution in [1.29, 1.82) is 0 Å². The van der Waals surface area contributed by atoms with Gasteiger partial charge in [0.1, 0.15) is 5.67 Å². The summed E-state index contributed by atoms with van der Waals surface area (Å²) >= 11 is 0. The summed E-state index contributed by atoms with van der Waals surface area (Å²) in [5.41, 5.74) is -0.930. The number of rotatable bonds is 2. The molecule has 0 aromatic heterocycles. The third kappa shape index (κ3) is 2.09. The molecular weight excluding hydrogens is 177 g/mol. The summed E-state index contributed by atoms with van der Waals surface area (Å²) in [5.74, 6) is 5.79. The van der Waals surface area contributed by atoms with E-state index in [1.54, 1.807) is 0 Å². The molecule has 2 aliphatic heterocycles. The second kappa shape index (κ2) is 3.90. The number of alkyl halides is 1. The minimum Gasteiger partial charge on any atom is -0.311 e. The van der Waals surface area contributed by atoms with Crippen LogP contribution >= 0.6 is 0 Å². The molecule has 0 amide bonds. The Labute approximate surface area is 85.5 Å². The zero-order valence-corrected chi connectivity index (χ0v) is 8.78. The van der Waals surface area contributed by atoms with Gasteiger partial charge in [0.15, 0.2) is 0 Å². The lowest BCUT2D eigenvalue weighted by molar-refractivity contribution is 0.0811. The first kappa shape index (κ1) is 9.98. The van der Waals surface area contributed by atoms with E-state index in [0.717, 1.165) is 12.8 Å². The van der Waals surface area contributed by atoms with E-state index in [-0.39, 0.29) is 0 Å². The van der Waals surface area contributed by atoms with Gasteiger partial charge in [0.25, 0.3) is 0 Å². The molecule has 2 unspecified atom stereocenters. The molecule has 78 valence electrons. The maximum absolute atomic E-state index is 14.3. The smallest absolute Gasteiger partial charge is 0.115 e. The molecule has 2 heteroatoms. The summed E-state index contributed by atoms with van der Waals surface area (Å²) in [7, 11) is 0. The summed E-state index contributed by atoms with van der Waals surface area (Å²) in [6.07, 6.45) is 5.07. The predicted molar refractivity (Wildman–Crippen MR) is 55.7 cm³/mol. The van der Waals surface area contributed by atoms with Gasteiger partial charge in [0.05, 0.1) is 0 Å². The molecule has 2 bridgehead atoms. The van der Waals surface area contributed by atoms with Crippen molar-refractivity contribution in [3.63, 3.8) is 0 Å². The van der Waals surface area contributed by atoms with Crippen LogP contribution in [0, 0.1) is 11.8 Å². The van der Waals surface area contributed by atoms with Crippen molar-refractivity contribution in [2.75, 3.05) is 0 Å². The number of fused-ring (bicyclic) bond motifs is 2. The Morgan fingerprint density at radius 1 is 1.36 bits per heavy atom. The van der Waals surface area contributed by atoms with E-state index in [1.807, 2.05) is 6.92 Å². The zero-order valence-electron chi connectivity index (χ0n) is 8.78. The SMILES string of the molecule is CC#CCCC1(F)CC2CCC(C1)N2. The van der Waals surface area contributed by atoms with Crippen molar-refractivity contribution in [3.05, 3.63) is 0 Å². The molecule has 2 atom stereocenters. The highest BCUT2D eigenvalue weighted by Crippen LogP contribution is 2.39. The molecule has 2 saturated heterocycles. The summed E-state index contributed by atoms with van der Waals surface area (Å²) < 4.78 is 14.3. The highest BCUT2D eigenvalue weighted by molar-refractivity contribution is 5.03. The van der Waals surface area contributed by atoms with Crippen LogP contribution in [0.2, 0.25) is 0 Å². The van der Waals surface area contributed by atoms with Gasteiger partial charge in [-0.1, -0.05) is 0 Å². The van der Waals surface area contributed by atoms with E-state index in [4.69, 9.17) is 0 Å². The summed E-state index contributed by atoms with van der Waals surface area (Å²) in [6.45, 7) is 1.82. The van der Waals surface area contributed by atoms with Crippen LogP contribution in [0.25, 0.3) is 0 Å². The fourth-order valence-electron chi connectivity index (χ4n) is 2.81. The zero-order chi connectivity index (χ0) is 10.0. The topological polar surface area (TPSA) is 12.0 Å². The van der Waals surface area contributed by atoms with Crippen molar-refractivity contribution in [2.45, 2.75) is 63.2 Å². The fraction of sp³-hybridized carbons (Fsp3) is 0.833. The van der Waals surface area contributed by atoms with Gasteiger partial charge < -0.3 is 5.32 Å². The van der Waals surface area contributed by atoms with Crippen molar-refractivity contribution in [1.82, 2.24) is 5.32 Å². The second-order valence-corrected chi connectivity index (χ2v) is 4.62. The van der Waals surface area contributed by atoms with E-state index in [2.05, 4.69) is 17.2 Å². The lowest BCUT2D eigenvalue weighted by atomic mass is 9.85. The van der Waals surface area contributed by atoms with Gasteiger partial charge in [0.2, 0.25) is 0 Å². The second-order valence-electron chi connectivity index (χ2n) is 4.62. The van der Waals surface area contributed by atoms with Crippen molar-refractivity contribution in [2.24, 2.45) is 0 Å². The summed E-state index contributed by atoms with van der Waals surface area (Å²) in [4.78, 5) is 0. The molecule has 0 radical (unpaired) electrons. The monoisotopic (exact) mass is 195 g/mol. The van der Waals surface area contributed by atoms with E-state index < -0.39 is 5.67 Å². The van der Waals surface area contributed by atoms with Crippen molar-refractivity contribution >= 4 is 0 Å². The van der Waals surface area contributed by atoms with Crippen LogP contribution < -0.4 is 5.32 Å². The van der Waals surface area contributed by atoms with Gasteiger partial charge in [-0.3, -0.25) is 0 Å². The average Bonchev–Trinajstić information content (AvgIpc) is 2.46. The lowest BCUT2D eigenvalue weighted by Gasteiger charge is -2.34. The molecular formula is C12H18FN. The first-order valence-electron chi connectivity index (χ1n) is 5.56. The van der Waals surface area contributed by atoms with Crippen molar-refractivity contribution in [3.8, 4) is 11.8 Å². The standard InChI is InChI=1S/C12H18FN/c1-2-3-4-7-12(13)8-10-5-6-11(9-12)14-10/h10-11,14H,4-9H2,1H3. The van der Waals surface area contributed by atoms with Gasteiger partial charge in [-0.05, 0) is 39.0 Å². The molecule has 2 heterocycles. The molecule has 2 aliphatic rings. The molecule has 1 nitrogen and oxygen atoms in total. The molecule has 2 rings (SSSR count). The van der Waals surface area contributed by atoms with Gasteiger partial charge in [0, 0.05) is 18.5 Å². The fourth-order valence-corrected chi connectivity index (χ4v) is 2.81. The maximum Gasteiger partial charge on any atom is 0.115 e. The van der Waals surface area contributed by atoms with Crippen LogP contribution in [0.5, 0.6) is 0 Å². The molecule has 0 saturated carbocycles. The van der Waals surface area contributed by atoms with E-state index in [9.17, 15) is 4.39 Å². The van der Waals surface area contributed by atoms with Gasteiger partial charge in [-0.25, -0.2) is 4.39 Å². The number of hydrogen-bond donors (Lipinski definition) is 1. The minimum atomic E-state index is -0.930. The van der Waals surface area contributed by atoms with E-state index in [0.29, 0.717) is 37.8 Å². The van der Waals surface area contributed by atoms with Crippen LogP contribution in [-0.4, -0.2) is 17.8 Å². The number of halogens is 1. The van der Waals surface area contributed by atoms with E-state index >= 15 is 0 Å². The normalized spacial score (nSPS) is 40.4. The molecule has 2 fully saturated rings. The van der Waals surface area contributed by atoms with E-state index in [1.165, 1.54) is 0 Å². The Morgan fingerprint density at radius 3 is 2.57 bits per heavy atom. The Morgan fingerprint density at radius 2 is 2.00 bits per heavy atom. The summed E-state index contributed by atoms with van der Waals surface area (Å²) in [5, 5.41) is 3.46. The highest BCUT2D eigenvalue weighted by atomic mass is 19.1. The van der Waals surface area contributed by atoms with Gasteiger partial charge in [-0.15, -0.1) is 11.8 Å². The van der Waals surface area contributed by atoms with Crippen LogP contribution in [-0.2, 0) is 0 Å². The average molecular weight is 195 g/mol. The molecule has 0 aromatic carbocycles. The Balaban J connectivity index is 1.91. The maximum atomic E-state index is 14.3. The molecule has 0 aliphatic carbocycles. The van der Waals surface area contributed by atoms with Crippen LogP contribution in [0.15, 0.2) is 0 Å². The minimum absolute atomic E-state index is 0.438. The first-order valence-corrected chi connectivity index (χ1v) is 5.56. The van der Waals surface area contributed by atoms with Crippen LogP contribution in [0.4, 0.5) is 4.39 Å². The predicted octanol–water partition coefficient (Wildman–Crippen LogP) is 2.41. The third-order valence-electron chi connectivity index (χ3n) is 3.43. The number of hydrogen-bond acceptors (Lipinski definition) is 1. The molecule has 0 spiro atoms. The highest BCUT2D eigenvalue weighted by Gasteiger charge is 2.43. The van der Waals surface area contributed by atoms with Gasteiger partial charge in [-0.2, -0.15) is 0 Å². The van der Waals surface area contributed by atoms with Crippen LogP contribution in [0.1, 0.15) is 45.4 Å². The summed E-state index contributed by atoms with van der Waals surface area (Å²) in [6, 6.07) is 0.877. The van der Waals surface area contributed by atoms with Gasteiger partial charge >= 0.3 is 0 Å². The Hall–Kier alpha value is -0.550.